The number of aryl methyl sites for hydroxylation is 1. The van der Waals surface area contributed by atoms with Crippen LogP contribution in [0.4, 0.5) is 11.5 Å². The van der Waals surface area contributed by atoms with Crippen LogP contribution >= 0.6 is 0 Å². The molecule has 1 heterocycles. The zero-order valence-corrected chi connectivity index (χ0v) is 11.7. The van der Waals surface area contributed by atoms with Gasteiger partial charge in [0.2, 0.25) is 0 Å². The van der Waals surface area contributed by atoms with E-state index in [1.807, 2.05) is 31.2 Å². The van der Waals surface area contributed by atoms with E-state index in [1.54, 1.807) is 17.0 Å². The molecule has 106 valence electrons. The van der Waals surface area contributed by atoms with E-state index in [2.05, 4.69) is 10.3 Å². The van der Waals surface area contributed by atoms with Crippen LogP contribution in [-0.4, -0.2) is 16.1 Å². The maximum atomic E-state index is 12.2. The van der Waals surface area contributed by atoms with E-state index >= 15 is 0 Å². The van der Waals surface area contributed by atoms with Crippen molar-refractivity contribution in [3.63, 3.8) is 0 Å². The average Bonchev–Trinajstić information content (AvgIpc) is 2.46. The third-order valence-corrected chi connectivity index (χ3v) is 3.03. The number of anilines is 2. The highest BCUT2D eigenvalue weighted by Gasteiger charge is 2.04. The van der Waals surface area contributed by atoms with Crippen LogP contribution in [0.3, 0.4) is 0 Å². The van der Waals surface area contributed by atoms with Gasteiger partial charge in [0.15, 0.2) is 5.82 Å². The Morgan fingerprint density at radius 1 is 1.30 bits per heavy atom. The number of nitrogens with zero attached hydrogens (tertiary/aromatic N) is 2. The monoisotopic (exact) mass is 272 g/mol. The third-order valence-electron chi connectivity index (χ3n) is 3.03. The lowest BCUT2D eigenvalue weighted by atomic mass is 10.1. The average molecular weight is 272 g/mol. The van der Waals surface area contributed by atoms with E-state index < -0.39 is 0 Å². The molecule has 0 aliphatic carbocycles. The molecule has 3 N–H and O–H groups in total. The van der Waals surface area contributed by atoms with Gasteiger partial charge in [0.1, 0.15) is 0 Å². The Balaban J connectivity index is 2.17. The van der Waals surface area contributed by atoms with Crippen LogP contribution in [0.25, 0.3) is 0 Å². The fourth-order valence-electron chi connectivity index (χ4n) is 2.01. The number of hydrogen-bond donors (Lipinski definition) is 2. The molecule has 0 aliphatic heterocycles. The van der Waals surface area contributed by atoms with E-state index in [-0.39, 0.29) is 5.56 Å². The minimum absolute atomic E-state index is 0.0969. The van der Waals surface area contributed by atoms with Crippen LogP contribution in [0, 0.1) is 0 Å². The predicted octanol–water partition coefficient (Wildman–Crippen LogP) is 1.90. The predicted molar refractivity (Wildman–Crippen MR) is 81.3 cm³/mol. The van der Waals surface area contributed by atoms with Gasteiger partial charge in [-0.3, -0.25) is 4.79 Å². The fourth-order valence-corrected chi connectivity index (χ4v) is 2.01. The minimum Gasteiger partial charge on any atom is -0.336 e. The Morgan fingerprint density at radius 2 is 2.05 bits per heavy atom. The summed E-state index contributed by atoms with van der Waals surface area (Å²) in [5, 5.41) is 3.06. The Hall–Kier alpha value is -2.14. The molecule has 2 aromatic rings. The van der Waals surface area contributed by atoms with Crippen molar-refractivity contribution in [2.75, 3.05) is 11.9 Å². The van der Waals surface area contributed by atoms with Gasteiger partial charge in [-0.05, 0) is 37.1 Å². The molecule has 0 saturated carbocycles. The van der Waals surface area contributed by atoms with Crippen molar-refractivity contribution < 1.29 is 0 Å². The Labute approximate surface area is 118 Å². The summed E-state index contributed by atoms with van der Waals surface area (Å²) in [5.41, 5.74) is 7.45. The highest BCUT2D eigenvalue weighted by Crippen LogP contribution is 2.13. The second-order valence-electron chi connectivity index (χ2n) is 4.63. The molecule has 5 heteroatoms. The quantitative estimate of drug-likeness (QED) is 0.842. The summed E-state index contributed by atoms with van der Waals surface area (Å²) < 4.78 is 1.66. The van der Waals surface area contributed by atoms with Gasteiger partial charge in [0, 0.05) is 24.6 Å². The van der Waals surface area contributed by atoms with Gasteiger partial charge in [-0.2, -0.15) is 0 Å². The zero-order chi connectivity index (χ0) is 14.4. The van der Waals surface area contributed by atoms with Crippen LogP contribution in [-0.2, 0) is 13.0 Å². The molecule has 0 atom stereocenters. The fraction of sp³-hybridized carbons (Fsp3) is 0.333. The summed E-state index contributed by atoms with van der Waals surface area (Å²) in [7, 11) is 0. The topological polar surface area (TPSA) is 72.9 Å². The van der Waals surface area contributed by atoms with Gasteiger partial charge in [-0.15, -0.1) is 0 Å². The van der Waals surface area contributed by atoms with Crippen LogP contribution in [0.15, 0.2) is 41.5 Å². The Bertz CT molecular complexity index is 604. The lowest BCUT2D eigenvalue weighted by Crippen LogP contribution is -2.23. The van der Waals surface area contributed by atoms with Crippen molar-refractivity contribution in [1.82, 2.24) is 9.55 Å². The van der Waals surface area contributed by atoms with Gasteiger partial charge in [-0.25, -0.2) is 4.98 Å². The van der Waals surface area contributed by atoms with Gasteiger partial charge in [0.25, 0.3) is 5.56 Å². The molecular formula is C15H20N4O. The summed E-state index contributed by atoms with van der Waals surface area (Å²) >= 11 is 0. The third kappa shape index (κ3) is 3.45. The van der Waals surface area contributed by atoms with Crippen LogP contribution in [0.2, 0.25) is 0 Å². The summed E-state index contributed by atoms with van der Waals surface area (Å²) in [4.78, 5) is 16.3. The maximum Gasteiger partial charge on any atom is 0.293 e. The first kappa shape index (κ1) is 14.3. The molecule has 0 amide bonds. The van der Waals surface area contributed by atoms with Gasteiger partial charge < -0.3 is 15.6 Å². The number of hydrogen-bond acceptors (Lipinski definition) is 4. The zero-order valence-electron chi connectivity index (χ0n) is 11.7. The highest BCUT2D eigenvalue weighted by molar-refractivity contribution is 5.55. The van der Waals surface area contributed by atoms with Crippen molar-refractivity contribution >= 4 is 11.5 Å². The normalized spacial score (nSPS) is 10.5. The molecule has 1 aromatic heterocycles. The maximum absolute atomic E-state index is 12.2. The summed E-state index contributed by atoms with van der Waals surface area (Å²) in [6.07, 6.45) is 5.12. The Kier molecular flexibility index (Phi) is 4.90. The van der Waals surface area contributed by atoms with E-state index in [0.717, 1.165) is 18.5 Å². The standard InChI is InChI=1S/C15H20N4O/c1-2-10-19-11-9-17-14(15(19)20)18-13-5-3-12(4-6-13)7-8-16/h3-6,9,11H,2,7-8,10,16H2,1H3,(H,17,18). The van der Waals surface area contributed by atoms with Crippen molar-refractivity contribution in [3.8, 4) is 0 Å². The van der Waals surface area contributed by atoms with Crippen molar-refractivity contribution in [3.05, 3.63) is 52.6 Å². The summed E-state index contributed by atoms with van der Waals surface area (Å²) in [6, 6.07) is 7.87. The SMILES string of the molecule is CCCn1ccnc(Nc2ccc(CCN)cc2)c1=O. The smallest absolute Gasteiger partial charge is 0.293 e. The molecule has 0 fully saturated rings. The molecule has 0 radical (unpaired) electrons. The molecule has 0 bridgehead atoms. The van der Waals surface area contributed by atoms with Crippen molar-refractivity contribution in [2.45, 2.75) is 26.3 Å². The van der Waals surface area contributed by atoms with Gasteiger partial charge in [-0.1, -0.05) is 19.1 Å². The first-order valence-electron chi connectivity index (χ1n) is 6.86. The lowest BCUT2D eigenvalue weighted by molar-refractivity contribution is 0.650. The molecule has 0 aliphatic rings. The molecule has 0 spiro atoms. The summed E-state index contributed by atoms with van der Waals surface area (Å²) in [6.45, 7) is 3.37. The molecule has 5 nitrogen and oxygen atoms in total. The Morgan fingerprint density at radius 3 is 2.70 bits per heavy atom. The van der Waals surface area contributed by atoms with E-state index in [9.17, 15) is 4.79 Å². The second-order valence-corrected chi connectivity index (χ2v) is 4.63. The number of aromatic nitrogens is 2. The van der Waals surface area contributed by atoms with E-state index in [4.69, 9.17) is 5.73 Å². The first-order chi connectivity index (χ1) is 9.74. The highest BCUT2D eigenvalue weighted by atomic mass is 16.1. The summed E-state index contributed by atoms with van der Waals surface area (Å²) in [5.74, 6) is 0.354. The molecule has 0 unspecified atom stereocenters. The lowest BCUT2D eigenvalue weighted by Gasteiger charge is -2.08. The van der Waals surface area contributed by atoms with Crippen molar-refractivity contribution in [2.24, 2.45) is 5.73 Å². The minimum atomic E-state index is -0.0969. The number of benzene rings is 1. The molecule has 1 aromatic carbocycles. The molecular weight excluding hydrogens is 252 g/mol. The second kappa shape index (κ2) is 6.86. The van der Waals surface area contributed by atoms with Gasteiger partial charge in [0.05, 0.1) is 0 Å². The van der Waals surface area contributed by atoms with Gasteiger partial charge >= 0.3 is 0 Å². The van der Waals surface area contributed by atoms with Crippen LogP contribution in [0.5, 0.6) is 0 Å². The number of nitrogens with one attached hydrogen (secondary N) is 1. The van der Waals surface area contributed by atoms with Crippen LogP contribution < -0.4 is 16.6 Å². The number of nitrogens with two attached hydrogens (primary N) is 1. The largest absolute Gasteiger partial charge is 0.336 e. The molecule has 0 saturated heterocycles. The van der Waals surface area contributed by atoms with Crippen LogP contribution in [0.1, 0.15) is 18.9 Å². The first-order valence-corrected chi connectivity index (χ1v) is 6.86. The van der Waals surface area contributed by atoms with E-state index in [0.29, 0.717) is 18.9 Å². The number of rotatable bonds is 6. The molecule has 2 rings (SSSR count). The molecule has 20 heavy (non-hydrogen) atoms. The van der Waals surface area contributed by atoms with Crippen molar-refractivity contribution in [1.29, 1.82) is 0 Å². The van der Waals surface area contributed by atoms with E-state index in [1.165, 1.54) is 5.56 Å².